The van der Waals surface area contributed by atoms with E-state index in [2.05, 4.69) is 16.8 Å². The normalized spacial score (nSPS) is 20.7. The fraction of sp³-hybridized carbons (Fsp3) is 0.522. The van der Waals surface area contributed by atoms with Gasteiger partial charge in [-0.15, -0.1) is 11.7 Å². The van der Waals surface area contributed by atoms with E-state index in [1.807, 2.05) is 24.3 Å². The molecule has 0 atom stereocenters. The van der Waals surface area contributed by atoms with Crippen LogP contribution in [0.3, 0.4) is 0 Å². The summed E-state index contributed by atoms with van der Waals surface area (Å²) < 4.78 is 0. The molecule has 0 bridgehead atoms. The highest BCUT2D eigenvalue weighted by atomic mass is 16.2. The number of rotatable bonds is 3. The lowest BCUT2D eigenvalue weighted by atomic mass is 10.00. The Balaban J connectivity index is 1.78. The van der Waals surface area contributed by atoms with E-state index in [0.717, 1.165) is 29.8 Å². The van der Waals surface area contributed by atoms with Crippen molar-refractivity contribution >= 4 is 23.0 Å². The Hall–Kier alpha value is -2.23. The minimum Gasteiger partial charge on any atom is -0.302 e. The van der Waals surface area contributed by atoms with Crippen LogP contribution in [0.25, 0.3) is 0 Å². The first-order chi connectivity index (χ1) is 13.3. The van der Waals surface area contributed by atoms with Crippen molar-refractivity contribution in [2.24, 2.45) is 10.2 Å². The van der Waals surface area contributed by atoms with Gasteiger partial charge in [0.15, 0.2) is 5.71 Å². The number of anilines is 1. The minimum atomic E-state index is -0.0754. The van der Waals surface area contributed by atoms with Gasteiger partial charge in [-0.25, -0.2) is 0 Å². The van der Waals surface area contributed by atoms with Crippen molar-refractivity contribution in [2.75, 3.05) is 11.4 Å². The van der Waals surface area contributed by atoms with E-state index in [4.69, 9.17) is 0 Å². The molecule has 1 aromatic rings. The predicted molar refractivity (Wildman–Crippen MR) is 114 cm³/mol. The summed E-state index contributed by atoms with van der Waals surface area (Å²) in [4.78, 5) is 14.5. The first-order valence-corrected chi connectivity index (χ1v) is 10.5. The van der Waals surface area contributed by atoms with Gasteiger partial charge in [0.25, 0.3) is 5.91 Å². The van der Waals surface area contributed by atoms with E-state index < -0.39 is 0 Å². The average molecular weight is 366 g/mol. The number of benzene rings is 1. The molecule has 1 fully saturated rings. The smallest absolute Gasteiger partial charge is 0.279 e. The van der Waals surface area contributed by atoms with E-state index in [1.54, 1.807) is 11.0 Å². The van der Waals surface area contributed by atoms with Gasteiger partial charge in [0.2, 0.25) is 0 Å². The summed E-state index contributed by atoms with van der Waals surface area (Å²) in [6.45, 7) is 4.26. The summed E-state index contributed by atoms with van der Waals surface area (Å²) in [6, 6.07) is 7.81. The number of fused-ring (bicyclic) bond motifs is 1. The van der Waals surface area contributed by atoms with Crippen LogP contribution in [0.1, 0.15) is 76.2 Å². The summed E-state index contributed by atoms with van der Waals surface area (Å²) in [6.07, 6.45) is 15.4. The van der Waals surface area contributed by atoms with Crippen LogP contribution in [0.5, 0.6) is 0 Å². The van der Waals surface area contributed by atoms with Crippen LogP contribution in [0.4, 0.5) is 5.69 Å². The van der Waals surface area contributed by atoms with E-state index in [9.17, 15) is 4.79 Å². The number of hydrogen-bond donors (Lipinski definition) is 0. The summed E-state index contributed by atoms with van der Waals surface area (Å²) in [5.41, 5.74) is 3.39. The molecule has 0 spiro atoms. The number of hydrogen-bond acceptors (Lipinski definition) is 3. The average Bonchev–Trinajstić information content (AvgIpc) is 2.93. The molecule has 4 nitrogen and oxygen atoms in total. The maximum Gasteiger partial charge on any atom is 0.279 e. The number of amides is 1. The molecule has 3 rings (SSSR count). The summed E-state index contributed by atoms with van der Waals surface area (Å²) in [5, 5.41) is 9.02. The third kappa shape index (κ3) is 5.15. The zero-order valence-electron chi connectivity index (χ0n) is 16.3. The van der Waals surface area contributed by atoms with Crippen molar-refractivity contribution in [1.82, 2.24) is 0 Å². The van der Waals surface area contributed by atoms with Crippen molar-refractivity contribution in [2.45, 2.75) is 70.6 Å². The Morgan fingerprint density at radius 2 is 1.48 bits per heavy atom. The van der Waals surface area contributed by atoms with Crippen LogP contribution in [-0.4, -0.2) is 23.9 Å². The lowest BCUT2D eigenvalue weighted by Gasteiger charge is -2.13. The highest BCUT2D eigenvalue weighted by Gasteiger charge is 2.33. The zero-order chi connectivity index (χ0) is 18.9. The summed E-state index contributed by atoms with van der Waals surface area (Å²) >= 11 is 0. The SMILES string of the molecule is C=CCN1C(=O)C(=NN=C2CCCCCCCCCCC2)c2ccccc21. The Morgan fingerprint density at radius 1 is 0.889 bits per heavy atom. The molecule has 1 aromatic carbocycles. The van der Waals surface area contributed by atoms with E-state index in [0.29, 0.717) is 12.3 Å². The van der Waals surface area contributed by atoms with E-state index >= 15 is 0 Å². The third-order valence-electron chi connectivity index (χ3n) is 5.43. The van der Waals surface area contributed by atoms with Crippen LogP contribution in [-0.2, 0) is 4.79 Å². The Labute approximate surface area is 163 Å². The molecule has 1 amide bonds. The van der Waals surface area contributed by atoms with Gasteiger partial charge in [-0.3, -0.25) is 4.79 Å². The van der Waals surface area contributed by atoms with Gasteiger partial charge in [0.1, 0.15) is 0 Å². The maximum atomic E-state index is 12.8. The maximum absolute atomic E-state index is 12.8. The van der Waals surface area contributed by atoms with Gasteiger partial charge in [0.05, 0.1) is 5.69 Å². The van der Waals surface area contributed by atoms with Gasteiger partial charge < -0.3 is 4.90 Å². The molecule has 27 heavy (non-hydrogen) atoms. The lowest BCUT2D eigenvalue weighted by molar-refractivity contribution is -0.112. The van der Waals surface area contributed by atoms with Crippen LogP contribution in [0, 0.1) is 0 Å². The number of carbonyl (C=O) groups excluding carboxylic acids is 1. The van der Waals surface area contributed by atoms with Gasteiger partial charge in [0, 0.05) is 17.8 Å². The summed E-state index contributed by atoms with van der Waals surface area (Å²) in [7, 11) is 0. The van der Waals surface area contributed by atoms with Crippen molar-refractivity contribution in [3.63, 3.8) is 0 Å². The zero-order valence-corrected chi connectivity index (χ0v) is 16.3. The molecular weight excluding hydrogens is 334 g/mol. The molecule has 0 aromatic heterocycles. The van der Waals surface area contributed by atoms with Crippen LogP contribution < -0.4 is 4.90 Å². The van der Waals surface area contributed by atoms with Crippen LogP contribution in [0.2, 0.25) is 0 Å². The standard InChI is InChI=1S/C23H31N3O/c1-2-18-26-21-17-13-12-16-20(21)22(23(26)27)25-24-19-14-10-8-6-4-3-5-7-9-11-15-19/h2,12-13,16-17H,1,3-11,14-15,18H2. The highest BCUT2D eigenvalue weighted by Crippen LogP contribution is 2.29. The second kappa shape index (κ2) is 10.2. The third-order valence-corrected chi connectivity index (χ3v) is 5.43. The molecule has 1 saturated carbocycles. The van der Waals surface area contributed by atoms with Crippen molar-refractivity contribution in [3.05, 3.63) is 42.5 Å². The monoisotopic (exact) mass is 365 g/mol. The minimum absolute atomic E-state index is 0.0754. The molecular formula is C23H31N3O. The number of carbonyl (C=O) groups is 1. The second-order valence-electron chi connectivity index (χ2n) is 7.52. The summed E-state index contributed by atoms with van der Waals surface area (Å²) in [5.74, 6) is -0.0754. The molecule has 1 aliphatic carbocycles. The number of nitrogens with zero attached hydrogens (tertiary/aromatic N) is 3. The Morgan fingerprint density at radius 3 is 2.11 bits per heavy atom. The van der Waals surface area contributed by atoms with Gasteiger partial charge >= 0.3 is 0 Å². The van der Waals surface area contributed by atoms with Crippen molar-refractivity contribution in [3.8, 4) is 0 Å². The molecule has 0 saturated heterocycles. The molecule has 0 unspecified atom stereocenters. The Bertz CT molecular complexity index is 706. The van der Waals surface area contributed by atoms with Crippen molar-refractivity contribution in [1.29, 1.82) is 0 Å². The topological polar surface area (TPSA) is 45.0 Å². The molecule has 0 N–H and O–H groups in total. The highest BCUT2D eigenvalue weighted by molar-refractivity contribution is 6.54. The Kier molecular flexibility index (Phi) is 7.37. The van der Waals surface area contributed by atoms with Gasteiger partial charge in [-0.05, 0) is 31.7 Å². The largest absolute Gasteiger partial charge is 0.302 e. The lowest BCUT2D eigenvalue weighted by Crippen LogP contribution is -2.30. The van der Waals surface area contributed by atoms with Crippen LogP contribution in [0.15, 0.2) is 47.1 Å². The number of para-hydroxylation sites is 1. The van der Waals surface area contributed by atoms with E-state index in [1.165, 1.54) is 57.8 Å². The predicted octanol–water partition coefficient (Wildman–Crippen LogP) is 5.67. The van der Waals surface area contributed by atoms with Gasteiger partial charge in [-0.1, -0.05) is 69.2 Å². The molecule has 2 aliphatic rings. The fourth-order valence-corrected chi connectivity index (χ4v) is 3.91. The van der Waals surface area contributed by atoms with Crippen LogP contribution >= 0.6 is 0 Å². The fourth-order valence-electron chi connectivity index (χ4n) is 3.91. The molecule has 144 valence electrons. The molecule has 0 radical (unpaired) electrons. The molecule has 1 aliphatic heterocycles. The second-order valence-corrected chi connectivity index (χ2v) is 7.52. The first kappa shape index (κ1) is 19.5. The van der Waals surface area contributed by atoms with E-state index in [-0.39, 0.29) is 5.91 Å². The van der Waals surface area contributed by atoms with Crippen molar-refractivity contribution < 1.29 is 4.79 Å². The molecule has 1 heterocycles. The van der Waals surface area contributed by atoms with Gasteiger partial charge in [-0.2, -0.15) is 5.10 Å². The first-order valence-electron chi connectivity index (χ1n) is 10.5. The molecule has 4 heteroatoms. The quantitative estimate of drug-likeness (QED) is 0.503.